The van der Waals surface area contributed by atoms with Crippen molar-refractivity contribution in [3.8, 4) is 5.75 Å². The maximum absolute atomic E-state index is 12.8. The quantitative estimate of drug-likeness (QED) is 0.809. The van der Waals surface area contributed by atoms with E-state index in [-0.39, 0.29) is 12.1 Å². The van der Waals surface area contributed by atoms with Gasteiger partial charge in [-0.25, -0.2) is 13.1 Å². The first-order valence-corrected chi connectivity index (χ1v) is 10.5. The van der Waals surface area contributed by atoms with E-state index in [0.29, 0.717) is 4.90 Å². The highest BCUT2D eigenvalue weighted by Crippen LogP contribution is 2.29. The highest BCUT2D eigenvalue weighted by Gasteiger charge is 2.30. The summed E-state index contributed by atoms with van der Waals surface area (Å²) in [5.41, 5.74) is 1.93. The summed E-state index contributed by atoms with van der Waals surface area (Å²) in [6.07, 6.45) is 3.83. The van der Waals surface area contributed by atoms with E-state index in [1.807, 2.05) is 43.3 Å². The number of methoxy groups -OCH3 is 1. The maximum Gasteiger partial charge on any atom is 0.240 e. The van der Waals surface area contributed by atoms with Crippen LogP contribution in [-0.2, 0) is 10.0 Å². The molecule has 2 N–H and O–H groups in total. The second kappa shape index (κ2) is 8.10. The number of nitrogens with one attached hydrogen (secondary N) is 2. The Labute approximate surface area is 155 Å². The van der Waals surface area contributed by atoms with E-state index in [1.165, 1.54) is 0 Å². The standard InChI is InChI=1S/C20H26N2O3S/c1-15-11-13-16(14-12-15)26(23,24)22-18-8-4-3-7-17(18)21-19-9-5-6-10-20(19)25-2/h5-6,9-14,17-18,21-22H,3-4,7-8H2,1-2H3/t17-,18-/m1/s1. The molecule has 26 heavy (non-hydrogen) atoms. The monoisotopic (exact) mass is 374 g/mol. The van der Waals surface area contributed by atoms with Crippen LogP contribution < -0.4 is 14.8 Å². The molecule has 0 amide bonds. The summed E-state index contributed by atoms with van der Waals surface area (Å²) in [6.45, 7) is 1.94. The van der Waals surface area contributed by atoms with Gasteiger partial charge in [0.05, 0.1) is 17.7 Å². The van der Waals surface area contributed by atoms with Crippen molar-refractivity contribution in [3.63, 3.8) is 0 Å². The summed E-state index contributed by atoms with van der Waals surface area (Å²) in [4.78, 5) is 0.310. The normalized spacial score (nSPS) is 20.5. The summed E-state index contributed by atoms with van der Waals surface area (Å²) in [6, 6.07) is 14.5. The fourth-order valence-electron chi connectivity index (χ4n) is 3.39. The summed E-state index contributed by atoms with van der Waals surface area (Å²) in [7, 11) is -1.90. The zero-order chi connectivity index (χ0) is 18.6. The summed E-state index contributed by atoms with van der Waals surface area (Å²) >= 11 is 0. The number of rotatable bonds is 6. The summed E-state index contributed by atoms with van der Waals surface area (Å²) in [5, 5.41) is 3.48. The van der Waals surface area contributed by atoms with Crippen LogP contribution in [-0.4, -0.2) is 27.6 Å². The average Bonchev–Trinajstić information content (AvgIpc) is 2.64. The summed E-state index contributed by atoms with van der Waals surface area (Å²) < 4.78 is 33.8. The van der Waals surface area contributed by atoms with Gasteiger partial charge < -0.3 is 10.1 Å². The predicted octanol–water partition coefficient (Wildman–Crippen LogP) is 3.71. The number of benzene rings is 2. The Morgan fingerprint density at radius 3 is 2.31 bits per heavy atom. The van der Waals surface area contributed by atoms with Gasteiger partial charge in [0, 0.05) is 12.1 Å². The Kier molecular flexibility index (Phi) is 5.84. The number of aryl methyl sites for hydroxylation is 1. The van der Waals surface area contributed by atoms with Crippen molar-refractivity contribution in [3.05, 3.63) is 54.1 Å². The third-order valence-electron chi connectivity index (χ3n) is 4.85. The van der Waals surface area contributed by atoms with E-state index in [4.69, 9.17) is 4.74 Å². The summed E-state index contributed by atoms with van der Waals surface area (Å²) in [5.74, 6) is 0.762. The van der Waals surface area contributed by atoms with Crippen molar-refractivity contribution in [2.24, 2.45) is 0 Å². The molecule has 3 rings (SSSR count). The first-order valence-electron chi connectivity index (χ1n) is 8.98. The minimum absolute atomic E-state index is 0.0280. The molecule has 0 spiro atoms. The molecule has 0 bridgehead atoms. The molecule has 0 saturated heterocycles. The lowest BCUT2D eigenvalue weighted by molar-refractivity contribution is 0.375. The Morgan fingerprint density at radius 1 is 0.962 bits per heavy atom. The number of ether oxygens (including phenoxy) is 1. The lowest BCUT2D eigenvalue weighted by atomic mass is 9.91. The molecule has 0 heterocycles. The number of anilines is 1. The first-order chi connectivity index (χ1) is 12.5. The maximum atomic E-state index is 12.8. The van der Waals surface area contributed by atoms with Crippen LogP contribution in [0.2, 0.25) is 0 Å². The van der Waals surface area contributed by atoms with E-state index in [0.717, 1.165) is 42.7 Å². The Morgan fingerprint density at radius 2 is 1.62 bits per heavy atom. The molecule has 0 aliphatic heterocycles. The van der Waals surface area contributed by atoms with Gasteiger partial charge in [0.1, 0.15) is 5.75 Å². The zero-order valence-electron chi connectivity index (χ0n) is 15.2. The van der Waals surface area contributed by atoms with Gasteiger partial charge >= 0.3 is 0 Å². The van der Waals surface area contributed by atoms with Crippen LogP contribution in [0.5, 0.6) is 5.75 Å². The first kappa shape index (κ1) is 18.7. The van der Waals surface area contributed by atoms with Gasteiger partial charge in [0.15, 0.2) is 0 Å². The van der Waals surface area contributed by atoms with Crippen molar-refractivity contribution < 1.29 is 13.2 Å². The molecule has 0 unspecified atom stereocenters. The molecule has 6 heteroatoms. The van der Waals surface area contributed by atoms with Gasteiger partial charge in [0.25, 0.3) is 0 Å². The molecular weight excluding hydrogens is 348 g/mol. The van der Waals surface area contributed by atoms with Gasteiger partial charge in [-0.2, -0.15) is 0 Å². The van der Waals surface area contributed by atoms with Gasteiger partial charge in [-0.1, -0.05) is 42.7 Å². The van der Waals surface area contributed by atoms with E-state index in [1.54, 1.807) is 19.2 Å². The minimum Gasteiger partial charge on any atom is -0.495 e. The van der Waals surface area contributed by atoms with E-state index >= 15 is 0 Å². The van der Waals surface area contributed by atoms with Crippen LogP contribution >= 0.6 is 0 Å². The molecule has 2 atom stereocenters. The predicted molar refractivity (Wildman–Crippen MR) is 104 cm³/mol. The molecule has 1 fully saturated rings. The third kappa shape index (κ3) is 4.37. The number of hydrogen-bond acceptors (Lipinski definition) is 4. The van der Waals surface area contributed by atoms with E-state index < -0.39 is 10.0 Å². The molecule has 2 aromatic rings. The number of para-hydroxylation sites is 2. The molecule has 1 aliphatic rings. The van der Waals surface area contributed by atoms with Crippen molar-refractivity contribution in [1.82, 2.24) is 4.72 Å². The fraction of sp³-hybridized carbons (Fsp3) is 0.400. The topological polar surface area (TPSA) is 67.4 Å². The second-order valence-corrected chi connectivity index (χ2v) is 8.49. The number of sulfonamides is 1. The smallest absolute Gasteiger partial charge is 0.240 e. The molecular formula is C20H26N2O3S. The van der Waals surface area contributed by atoms with Crippen LogP contribution in [0.3, 0.4) is 0 Å². The van der Waals surface area contributed by atoms with Crippen molar-refractivity contribution in [2.45, 2.75) is 49.6 Å². The fourth-order valence-corrected chi connectivity index (χ4v) is 4.70. The lowest BCUT2D eigenvalue weighted by Crippen LogP contribution is -2.48. The SMILES string of the molecule is COc1ccccc1N[C@@H]1CCCC[C@H]1NS(=O)(=O)c1ccc(C)cc1. The molecule has 140 valence electrons. The molecule has 0 radical (unpaired) electrons. The van der Waals surface area contributed by atoms with E-state index in [2.05, 4.69) is 10.0 Å². The minimum atomic E-state index is -3.54. The Bertz CT molecular complexity index is 834. The van der Waals surface area contributed by atoms with Gasteiger partial charge in [-0.05, 0) is 44.0 Å². The van der Waals surface area contributed by atoms with Crippen LogP contribution in [0.1, 0.15) is 31.2 Å². The molecule has 2 aromatic carbocycles. The van der Waals surface area contributed by atoms with Crippen molar-refractivity contribution in [1.29, 1.82) is 0 Å². The lowest BCUT2D eigenvalue weighted by Gasteiger charge is -2.33. The number of hydrogen-bond donors (Lipinski definition) is 2. The van der Waals surface area contributed by atoms with Gasteiger partial charge in [-0.15, -0.1) is 0 Å². The average molecular weight is 375 g/mol. The third-order valence-corrected chi connectivity index (χ3v) is 6.36. The molecule has 5 nitrogen and oxygen atoms in total. The zero-order valence-corrected chi connectivity index (χ0v) is 16.1. The van der Waals surface area contributed by atoms with Crippen molar-refractivity contribution >= 4 is 15.7 Å². The van der Waals surface area contributed by atoms with Crippen LogP contribution in [0, 0.1) is 6.92 Å². The molecule has 1 saturated carbocycles. The van der Waals surface area contributed by atoms with Crippen LogP contribution in [0.25, 0.3) is 0 Å². The van der Waals surface area contributed by atoms with Crippen LogP contribution in [0.15, 0.2) is 53.4 Å². The van der Waals surface area contributed by atoms with Gasteiger partial charge in [-0.3, -0.25) is 0 Å². The highest BCUT2D eigenvalue weighted by atomic mass is 32.2. The second-order valence-electron chi connectivity index (χ2n) is 6.78. The van der Waals surface area contributed by atoms with Gasteiger partial charge in [0.2, 0.25) is 10.0 Å². The van der Waals surface area contributed by atoms with Crippen molar-refractivity contribution in [2.75, 3.05) is 12.4 Å². The Balaban J connectivity index is 1.77. The van der Waals surface area contributed by atoms with E-state index in [9.17, 15) is 8.42 Å². The largest absolute Gasteiger partial charge is 0.495 e. The molecule has 1 aliphatic carbocycles. The Hall–Kier alpha value is -2.05. The molecule has 0 aromatic heterocycles. The highest BCUT2D eigenvalue weighted by molar-refractivity contribution is 7.89. The van der Waals surface area contributed by atoms with Crippen LogP contribution in [0.4, 0.5) is 5.69 Å².